The van der Waals surface area contributed by atoms with Gasteiger partial charge in [-0.1, -0.05) is 47.5 Å². The van der Waals surface area contributed by atoms with E-state index in [0.29, 0.717) is 0 Å². The topological polar surface area (TPSA) is 72.8 Å². The first kappa shape index (κ1) is 18.8. The van der Waals surface area contributed by atoms with Gasteiger partial charge in [-0.05, 0) is 36.4 Å². The molecule has 5 nitrogen and oxygen atoms in total. The fourth-order valence-electron chi connectivity index (χ4n) is 2.22. The van der Waals surface area contributed by atoms with E-state index in [1.54, 1.807) is 36.4 Å². The Morgan fingerprint density at radius 1 is 0.704 bits per heavy atom. The standard InChI is InChI=1S/C20H12Cl2O5/c21-15-7-3-1-5-13(15)19(24)26-17-10-9-12(23)11-18(17)27-20(25)14-6-2-4-8-16(14)22/h1-11,23H. The van der Waals surface area contributed by atoms with Crippen LogP contribution in [0.25, 0.3) is 0 Å². The van der Waals surface area contributed by atoms with Gasteiger partial charge in [-0.25, -0.2) is 9.59 Å². The monoisotopic (exact) mass is 402 g/mol. The highest BCUT2D eigenvalue weighted by molar-refractivity contribution is 6.34. The highest BCUT2D eigenvalue weighted by Crippen LogP contribution is 2.33. The number of benzene rings is 3. The van der Waals surface area contributed by atoms with Gasteiger partial charge in [0, 0.05) is 6.07 Å². The quantitative estimate of drug-likeness (QED) is 0.483. The largest absolute Gasteiger partial charge is 0.508 e. The second-order valence-corrected chi connectivity index (χ2v) is 6.18. The average Bonchev–Trinajstić information content (AvgIpc) is 2.64. The molecule has 136 valence electrons. The van der Waals surface area contributed by atoms with Gasteiger partial charge in [0.25, 0.3) is 0 Å². The van der Waals surface area contributed by atoms with E-state index in [0.717, 1.165) is 6.07 Å². The predicted octanol–water partition coefficient (Wildman–Crippen LogP) is 5.14. The molecule has 3 aromatic rings. The molecule has 1 N–H and O–H groups in total. The second-order valence-electron chi connectivity index (χ2n) is 5.37. The highest BCUT2D eigenvalue weighted by atomic mass is 35.5. The number of esters is 2. The summed E-state index contributed by atoms with van der Waals surface area (Å²) in [6.07, 6.45) is 0. The molecule has 0 radical (unpaired) electrons. The van der Waals surface area contributed by atoms with Crippen LogP contribution >= 0.6 is 23.2 Å². The number of ether oxygens (including phenoxy) is 2. The Hall–Kier alpha value is -3.02. The molecule has 0 heterocycles. The lowest BCUT2D eigenvalue weighted by atomic mass is 10.2. The number of hydrogen-bond acceptors (Lipinski definition) is 5. The lowest BCUT2D eigenvalue weighted by Gasteiger charge is -2.12. The van der Waals surface area contributed by atoms with Crippen LogP contribution in [0.5, 0.6) is 17.2 Å². The van der Waals surface area contributed by atoms with Crippen molar-refractivity contribution >= 4 is 35.1 Å². The molecule has 0 saturated carbocycles. The zero-order valence-electron chi connectivity index (χ0n) is 13.7. The number of phenolic OH excluding ortho intramolecular Hbond substituents is 1. The maximum atomic E-state index is 12.4. The van der Waals surface area contributed by atoms with Crippen LogP contribution in [0, 0.1) is 0 Å². The van der Waals surface area contributed by atoms with Crippen LogP contribution < -0.4 is 9.47 Å². The van der Waals surface area contributed by atoms with E-state index in [-0.39, 0.29) is 38.4 Å². The molecule has 7 heteroatoms. The molecule has 0 bridgehead atoms. The van der Waals surface area contributed by atoms with Gasteiger partial charge in [0.15, 0.2) is 11.5 Å². The van der Waals surface area contributed by atoms with Crippen molar-refractivity contribution in [1.29, 1.82) is 0 Å². The Labute approximate surface area is 164 Å². The summed E-state index contributed by atoms with van der Waals surface area (Å²) in [6.45, 7) is 0. The van der Waals surface area contributed by atoms with Gasteiger partial charge in [-0.15, -0.1) is 0 Å². The van der Waals surface area contributed by atoms with Crippen molar-refractivity contribution in [1.82, 2.24) is 0 Å². The zero-order chi connectivity index (χ0) is 19.4. The van der Waals surface area contributed by atoms with E-state index >= 15 is 0 Å². The predicted molar refractivity (Wildman–Crippen MR) is 101 cm³/mol. The summed E-state index contributed by atoms with van der Waals surface area (Å²) in [7, 11) is 0. The molecule has 0 saturated heterocycles. The van der Waals surface area contributed by atoms with Gasteiger partial charge in [-0.3, -0.25) is 0 Å². The Bertz CT molecular complexity index is 1020. The minimum atomic E-state index is -0.763. The van der Waals surface area contributed by atoms with Gasteiger partial charge in [0.05, 0.1) is 21.2 Å². The third-order valence-electron chi connectivity index (χ3n) is 3.52. The van der Waals surface area contributed by atoms with Crippen LogP contribution in [0.1, 0.15) is 20.7 Å². The molecule has 3 aromatic carbocycles. The molecule has 0 spiro atoms. The van der Waals surface area contributed by atoms with Crippen LogP contribution in [0.15, 0.2) is 66.7 Å². The summed E-state index contributed by atoms with van der Waals surface area (Å²) in [4.78, 5) is 24.7. The van der Waals surface area contributed by atoms with Crippen molar-refractivity contribution in [3.8, 4) is 17.2 Å². The molecule has 0 aliphatic carbocycles. The summed E-state index contributed by atoms with van der Waals surface area (Å²) in [5.41, 5.74) is 0.279. The van der Waals surface area contributed by atoms with Crippen molar-refractivity contribution in [3.05, 3.63) is 87.9 Å². The summed E-state index contributed by atoms with van der Waals surface area (Å²) in [6, 6.07) is 16.4. The summed E-state index contributed by atoms with van der Waals surface area (Å²) in [5, 5.41) is 10.1. The second kappa shape index (κ2) is 8.12. The van der Waals surface area contributed by atoms with Gasteiger partial charge in [-0.2, -0.15) is 0 Å². The van der Waals surface area contributed by atoms with Gasteiger partial charge >= 0.3 is 11.9 Å². The molecular formula is C20H12Cl2O5. The number of carbonyl (C=O) groups is 2. The first-order valence-corrected chi connectivity index (χ1v) is 8.47. The van der Waals surface area contributed by atoms with Gasteiger partial charge in [0.1, 0.15) is 5.75 Å². The minimum absolute atomic E-state index is 0.0573. The van der Waals surface area contributed by atoms with Crippen LogP contribution in [-0.4, -0.2) is 17.0 Å². The number of halogens is 2. The minimum Gasteiger partial charge on any atom is -0.508 e. The number of hydrogen-bond donors (Lipinski definition) is 1. The maximum absolute atomic E-state index is 12.4. The van der Waals surface area contributed by atoms with E-state index in [1.807, 2.05) is 0 Å². The molecule has 3 rings (SSSR count). The van der Waals surface area contributed by atoms with Crippen molar-refractivity contribution in [3.63, 3.8) is 0 Å². The fraction of sp³-hybridized carbons (Fsp3) is 0. The van der Waals surface area contributed by atoms with Crippen molar-refractivity contribution in [2.75, 3.05) is 0 Å². The van der Waals surface area contributed by atoms with E-state index in [1.165, 1.54) is 24.3 Å². The molecule has 0 aromatic heterocycles. The van der Waals surface area contributed by atoms with Gasteiger partial charge in [0.2, 0.25) is 0 Å². The van der Waals surface area contributed by atoms with Gasteiger partial charge < -0.3 is 14.6 Å². The molecular weight excluding hydrogens is 391 g/mol. The van der Waals surface area contributed by atoms with Crippen molar-refractivity contribution in [2.24, 2.45) is 0 Å². The molecule has 0 aliphatic rings. The highest BCUT2D eigenvalue weighted by Gasteiger charge is 2.19. The summed E-state index contributed by atoms with van der Waals surface area (Å²) < 4.78 is 10.6. The fourth-order valence-corrected chi connectivity index (χ4v) is 2.65. The Morgan fingerprint density at radius 3 is 1.70 bits per heavy atom. The first-order chi connectivity index (χ1) is 13.0. The van der Waals surface area contributed by atoms with Crippen molar-refractivity contribution in [2.45, 2.75) is 0 Å². The van der Waals surface area contributed by atoms with E-state index in [9.17, 15) is 14.7 Å². The third-order valence-corrected chi connectivity index (χ3v) is 4.18. The Kier molecular flexibility index (Phi) is 5.64. The normalized spacial score (nSPS) is 10.3. The van der Waals surface area contributed by atoms with Crippen LogP contribution in [0.4, 0.5) is 0 Å². The number of phenols is 1. The lowest BCUT2D eigenvalue weighted by molar-refractivity contribution is 0.0682. The van der Waals surface area contributed by atoms with E-state index < -0.39 is 11.9 Å². The lowest BCUT2D eigenvalue weighted by Crippen LogP contribution is -2.13. The Morgan fingerprint density at radius 2 is 1.19 bits per heavy atom. The number of rotatable bonds is 4. The van der Waals surface area contributed by atoms with Crippen LogP contribution in [-0.2, 0) is 0 Å². The Balaban J connectivity index is 1.87. The van der Waals surface area contributed by atoms with E-state index in [2.05, 4.69) is 0 Å². The SMILES string of the molecule is O=C(Oc1ccc(O)cc1OC(=O)c1ccccc1Cl)c1ccccc1Cl. The maximum Gasteiger partial charge on any atom is 0.345 e. The number of aromatic hydroxyl groups is 1. The van der Waals surface area contributed by atoms with Crippen LogP contribution in [0.2, 0.25) is 10.0 Å². The summed E-state index contributed by atoms with van der Waals surface area (Å²) in [5.74, 6) is -1.87. The van der Waals surface area contributed by atoms with Crippen LogP contribution in [0.3, 0.4) is 0 Å². The van der Waals surface area contributed by atoms with Crippen molar-refractivity contribution < 1.29 is 24.2 Å². The zero-order valence-corrected chi connectivity index (χ0v) is 15.2. The van der Waals surface area contributed by atoms with E-state index in [4.69, 9.17) is 32.7 Å². The molecule has 0 amide bonds. The molecule has 0 fully saturated rings. The smallest absolute Gasteiger partial charge is 0.345 e. The molecule has 27 heavy (non-hydrogen) atoms. The number of carbonyl (C=O) groups excluding carboxylic acids is 2. The summed E-state index contributed by atoms with van der Waals surface area (Å²) >= 11 is 12.0. The first-order valence-electron chi connectivity index (χ1n) is 7.72. The molecule has 0 atom stereocenters. The third kappa shape index (κ3) is 4.39. The molecule has 0 aliphatic heterocycles. The molecule has 0 unspecified atom stereocenters. The average molecular weight is 403 g/mol.